The average molecular weight is 749 g/mol. The second kappa shape index (κ2) is 23.8. The molecule has 0 aliphatic heterocycles. The molecule has 288 valence electrons. The van der Waals surface area contributed by atoms with Gasteiger partial charge in [-0.3, -0.25) is 14.4 Å². The summed E-state index contributed by atoms with van der Waals surface area (Å²) in [5, 5.41) is 8.74. The number of aliphatic carboxylic acids is 1. The number of carboxylic acid groups (broad SMARTS) is 1. The molecule has 0 aliphatic rings. The highest BCUT2D eigenvalue weighted by molar-refractivity contribution is 5.92. The molecule has 0 saturated heterocycles. The van der Waals surface area contributed by atoms with Gasteiger partial charge in [-0.25, -0.2) is 19.4 Å². The van der Waals surface area contributed by atoms with E-state index in [9.17, 15) is 24.0 Å². The summed E-state index contributed by atoms with van der Waals surface area (Å²) in [7, 11) is 0. The standard InChI is InChI=1S/C40H44O14/c1-4-21-47-24-25-51-50-23-7-10-38(44)52-32-17-15-31(16-18-32)40(46)54-34-20-19-33(26-28(34)3)53-39(45)30-13-11-29(12-14-30)35(48-22-5-2)27-49-37(43)9-6-8-36(41)42/h4-5,11-20,26,35H,1-2,6-10,21-25,27H2,3H3,(H,41,42). The summed E-state index contributed by atoms with van der Waals surface area (Å²) in [5.41, 5.74) is 1.64. The molecule has 0 saturated carbocycles. The molecule has 0 heterocycles. The lowest BCUT2D eigenvalue weighted by Gasteiger charge is -2.18. The molecule has 3 aromatic rings. The third kappa shape index (κ3) is 15.9. The highest BCUT2D eigenvalue weighted by Gasteiger charge is 2.18. The number of benzene rings is 3. The van der Waals surface area contributed by atoms with Crippen molar-refractivity contribution in [2.24, 2.45) is 0 Å². The normalized spacial score (nSPS) is 11.2. The minimum absolute atomic E-state index is 0.0351. The van der Waals surface area contributed by atoms with Crippen LogP contribution < -0.4 is 14.2 Å². The number of ether oxygens (including phenoxy) is 6. The molecule has 1 N–H and O–H groups in total. The van der Waals surface area contributed by atoms with Crippen LogP contribution in [-0.2, 0) is 38.4 Å². The maximum atomic E-state index is 12.9. The lowest BCUT2D eigenvalue weighted by Crippen LogP contribution is -2.16. The summed E-state index contributed by atoms with van der Waals surface area (Å²) in [6.45, 7) is 10.2. The van der Waals surface area contributed by atoms with Gasteiger partial charge in [0.05, 0.1) is 37.6 Å². The largest absolute Gasteiger partial charge is 0.481 e. The Morgan fingerprint density at radius 3 is 1.98 bits per heavy atom. The lowest BCUT2D eigenvalue weighted by atomic mass is 10.1. The molecule has 0 fully saturated rings. The van der Waals surface area contributed by atoms with Gasteiger partial charge in [-0.2, -0.15) is 0 Å². The highest BCUT2D eigenvalue weighted by atomic mass is 17.2. The third-order valence-electron chi connectivity index (χ3n) is 7.22. The van der Waals surface area contributed by atoms with Crippen molar-refractivity contribution in [1.82, 2.24) is 0 Å². The van der Waals surface area contributed by atoms with E-state index in [-0.39, 0.29) is 80.5 Å². The molecule has 54 heavy (non-hydrogen) atoms. The maximum absolute atomic E-state index is 12.9. The van der Waals surface area contributed by atoms with E-state index in [4.69, 9.17) is 43.3 Å². The van der Waals surface area contributed by atoms with Crippen molar-refractivity contribution in [1.29, 1.82) is 0 Å². The van der Waals surface area contributed by atoms with E-state index in [2.05, 4.69) is 13.2 Å². The molecule has 14 heteroatoms. The molecule has 1 atom stereocenters. The molecular weight excluding hydrogens is 704 g/mol. The number of carbonyl (C=O) groups excluding carboxylic acids is 4. The molecule has 3 rings (SSSR count). The molecular formula is C40H44O14. The number of carboxylic acids is 1. The van der Waals surface area contributed by atoms with E-state index >= 15 is 0 Å². The van der Waals surface area contributed by atoms with Gasteiger partial charge in [0.25, 0.3) is 0 Å². The van der Waals surface area contributed by atoms with Crippen molar-refractivity contribution >= 4 is 29.8 Å². The molecule has 0 radical (unpaired) electrons. The van der Waals surface area contributed by atoms with Gasteiger partial charge >= 0.3 is 29.8 Å². The first-order chi connectivity index (χ1) is 26.1. The zero-order valence-electron chi connectivity index (χ0n) is 30.0. The monoisotopic (exact) mass is 748 g/mol. The Morgan fingerprint density at radius 1 is 0.685 bits per heavy atom. The molecule has 1 unspecified atom stereocenters. The van der Waals surface area contributed by atoms with Crippen LogP contribution in [0.5, 0.6) is 17.2 Å². The number of hydrogen-bond donors (Lipinski definition) is 1. The Bertz CT molecular complexity index is 1700. The Morgan fingerprint density at radius 2 is 1.31 bits per heavy atom. The first kappa shape index (κ1) is 42.7. The first-order valence-electron chi connectivity index (χ1n) is 17.1. The van der Waals surface area contributed by atoms with Crippen molar-refractivity contribution in [2.75, 3.05) is 39.6 Å². The predicted octanol–water partition coefficient (Wildman–Crippen LogP) is 6.31. The second-order valence-corrected chi connectivity index (χ2v) is 11.5. The van der Waals surface area contributed by atoms with Crippen LogP contribution in [0.3, 0.4) is 0 Å². The highest BCUT2D eigenvalue weighted by Crippen LogP contribution is 2.26. The van der Waals surface area contributed by atoms with Gasteiger partial charge in [-0.05, 0) is 85.5 Å². The molecule has 0 bridgehead atoms. The van der Waals surface area contributed by atoms with Crippen LogP contribution in [0.2, 0.25) is 0 Å². The van der Waals surface area contributed by atoms with Crippen molar-refractivity contribution in [3.8, 4) is 17.2 Å². The third-order valence-corrected chi connectivity index (χ3v) is 7.22. The van der Waals surface area contributed by atoms with Gasteiger partial charge in [-0.1, -0.05) is 24.3 Å². The summed E-state index contributed by atoms with van der Waals surface area (Å²) >= 11 is 0. The van der Waals surface area contributed by atoms with Gasteiger partial charge in [0.2, 0.25) is 0 Å². The van der Waals surface area contributed by atoms with E-state index in [1.165, 1.54) is 36.4 Å². The number of rotatable bonds is 25. The minimum Gasteiger partial charge on any atom is -0.481 e. The molecule has 0 aliphatic carbocycles. The zero-order chi connectivity index (χ0) is 39.1. The van der Waals surface area contributed by atoms with E-state index in [1.807, 2.05) is 0 Å². The molecule has 0 aromatic heterocycles. The van der Waals surface area contributed by atoms with Crippen LogP contribution in [0.15, 0.2) is 92.0 Å². The van der Waals surface area contributed by atoms with Crippen molar-refractivity contribution in [3.05, 3.63) is 114 Å². The maximum Gasteiger partial charge on any atom is 0.343 e. The van der Waals surface area contributed by atoms with E-state index in [1.54, 1.807) is 49.4 Å². The average Bonchev–Trinajstić information content (AvgIpc) is 3.15. The van der Waals surface area contributed by atoms with Crippen molar-refractivity contribution in [2.45, 2.75) is 45.1 Å². The Balaban J connectivity index is 1.46. The second-order valence-electron chi connectivity index (χ2n) is 11.5. The first-order valence-corrected chi connectivity index (χ1v) is 17.1. The zero-order valence-corrected chi connectivity index (χ0v) is 30.0. The Kier molecular flexibility index (Phi) is 18.8. The van der Waals surface area contributed by atoms with E-state index in [0.717, 1.165) is 0 Å². The fraction of sp³-hybridized carbons (Fsp3) is 0.325. The quantitative estimate of drug-likeness (QED) is 0.0254. The van der Waals surface area contributed by atoms with Gasteiger partial charge in [-0.15, -0.1) is 13.2 Å². The topological polar surface area (TPSA) is 179 Å². The fourth-order valence-electron chi connectivity index (χ4n) is 4.50. The number of carbonyl (C=O) groups is 5. The van der Waals surface area contributed by atoms with Crippen LogP contribution in [0, 0.1) is 6.92 Å². The number of esters is 4. The summed E-state index contributed by atoms with van der Waals surface area (Å²) in [5.74, 6) is -2.54. The lowest BCUT2D eigenvalue weighted by molar-refractivity contribution is -0.299. The van der Waals surface area contributed by atoms with Crippen molar-refractivity contribution in [3.63, 3.8) is 0 Å². The van der Waals surface area contributed by atoms with Crippen LogP contribution in [0.25, 0.3) is 0 Å². The summed E-state index contributed by atoms with van der Waals surface area (Å²) in [6, 6.07) is 16.8. The molecule has 0 spiro atoms. The van der Waals surface area contributed by atoms with Gasteiger partial charge in [0, 0.05) is 19.3 Å². The van der Waals surface area contributed by atoms with Crippen LogP contribution in [0.1, 0.15) is 70.1 Å². The Hall–Kier alpha value is -5.67. The number of aryl methyl sites for hydroxylation is 1. The van der Waals surface area contributed by atoms with Gasteiger partial charge in [0.1, 0.15) is 36.6 Å². The van der Waals surface area contributed by atoms with E-state index in [0.29, 0.717) is 30.8 Å². The number of hydrogen-bond acceptors (Lipinski definition) is 13. The molecule has 0 amide bonds. The predicted molar refractivity (Wildman–Crippen MR) is 193 cm³/mol. The summed E-state index contributed by atoms with van der Waals surface area (Å²) < 4.78 is 32.5. The van der Waals surface area contributed by atoms with Gasteiger partial charge in [0.15, 0.2) is 0 Å². The minimum atomic E-state index is -0.992. The summed E-state index contributed by atoms with van der Waals surface area (Å²) in [4.78, 5) is 70.5. The Labute approximate surface area is 313 Å². The molecule has 14 nitrogen and oxygen atoms in total. The van der Waals surface area contributed by atoms with Crippen LogP contribution in [-0.4, -0.2) is 74.6 Å². The smallest absolute Gasteiger partial charge is 0.343 e. The fourth-order valence-corrected chi connectivity index (χ4v) is 4.50. The SMILES string of the molecule is C=CCOCCOOCCCC(=O)Oc1ccc(C(=O)Oc2ccc(OC(=O)c3ccc(C(COC(=O)CCCC(=O)O)OCC=C)cc3)cc2C)cc1. The van der Waals surface area contributed by atoms with Crippen LogP contribution in [0.4, 0.5) is 0 Å². The van der Waals surface area contributed by atoms with Gasteiger partial charge < -0.3 is 33.5 Å². The van der Waals surface area contributed by atoms with E-state index < -0.39 is 36.0 Å². The molecule has 3 aromatic carbocycles. The van der Waals surface area contributed by atoms with Crippen LogP contribution >= 0.6 is 0 Å². The summed E-state index contributed by atoms with van der Waals surface area (Å²) in [6.07, 6.45) is 3.01. The van der Waals surface area contributed by atoms with Crippen molar-refractivity contribution < 1.29 is 67.3 Å².